The van der Waals surface area contributed by atoms with Gasteiger partial charge in [0.1, 0.15) is 6.54 Å². The van der Waals surface area contributed by atoms with Gasteiger partial charge in [-0.25, -0.2) is 0 Å². The van der Waals surface area contributed by atoms with Crippen molar-refractivity contribution in [2.24, 2.45) is 4.99 Å². The average Bonchev–Trinajstić information content (AvgIpc) is 3.32. The number of hydrogen-bond donors (Lipinski definition) is 3. The number of nitrogens with zero attached hydrogens (tertiary/aromatic N) is 3. The molecule has 34 heavy (non-hydrogen) atoms. The first-order chi connectivity index (χ1) is 15.9. The Balaban J connectivity index is 0.00000408. The van der Waals surface area contributed by atoms with Gasteiger partial charge >= 0.3 is 0 Å². The fourth-order valence-corrected chi connectivity index (χ4v) is 3.51. The highest BCUT2D eigenvalue weighted by Crippen LogP contribution is 2.22. The van der Waals surface area contributed by atoms with Crippen molar-refractivity contribution < 1.29 is 4.79 Å². The van der Waals surface area contributed by atoms with Crippen molar-refractivity contribution in [1.29, 1.82) is 0 Å². The first-order valence-electron chi connectivity index (χ1n) is 11.3. The average molecular weight is 575 g/mol. The van der Waals surface area contributed by atoms with Gasteiger partial charge in [-0.2, -0.15) is 5.10 Å². The number of carbonyl (C=O) groups is 1. The molecule has 1 aromatic heterocycles. The Kier molecular flexibility index (Phi) is 10.6. The molecule has 0 saturated heterocycles. The van der Waals surface area contributed by atoms with Gasteiger partial charge in [0.2, 0.25) is 5.91 Å². The minimum absolute atomic E-state index is 0. The fraction of sp³-hybridized carbons (Fsp3) is 0.346. The van der Waals surface area contributed by atoms with Crippen molar-refractivity contribution in [3.8, 4) is 0 Å². The van der Waals surface area contributed by atoms with Gasteiger partial charge in [0.05, 0.1) is 0 Å². The quantitative estimate of drug-likeness (QED) is 0.202. The normalized spacial score (nSPS) is 11.5. The van der Waals surface area contributed by atoms with Crippen LogP contribution in [0.15, 0.2) is 72.0 Å². The number of amides is 1. The summed E-state index contributed by atoms with van der Waals surface area (Å²) in [4.78, 5) is 16.6. The number of carbonyl (C=O) groups excluding carboxylic acids is 1. The minimum atomic E-state index is -0.115. The summed E-state index contributed by atoms with van der Waals surface area (Å²) in [5, 5.41) is 13.8. The molecule has 0 aliphatic heterocycles. The van der Waals surface area contributed by atoms with Gasteiger partial charge in [-0.15, -0.1) is 24.0 Å². The second-order valence-corrected chi connectivity index (χ2v) is 8.67. The lowest BCUT2D eigenvalue weighted by Gasteiger charge is -2.27. The Bertz CT molecular complexity index is 1060. The van der Waals surface area contributed by atoms with Gasteiger partial charge in [-0.05, 0) is 41.3 Å². The number of halogens is 1. The van der Waals surface area contributed by atoms with E-state index in [1.165, 1.54) is 11.1 Å². The number of guanidine groups is 1. The molecule has 0 spiro atoms. The van der Waals surface area contributed by atoms with E-state index in [1.54, 1.807) is 30.2 Å². The number of aromatic nitrogens is 2. The topological polar surface area (TPSA) is 83.3 Å². The molecular formula is C26H35IN6O. The predicted octanol–water partition coefficient (Wildman–Crippen LogP) is 4.35. The summed E-state index contributed by atoms with van der Waals surface area (Å²) in [6, 6.07) is 18.4. The molecule has 0 bridgehead atoms. The van der Waals surface area contributed by atoms with Crippen LogP contribution < -0.4 is 16.0 Å². The SMILES string of the molecule is CCc1ccc(C(C)(C)CNC(=NC)NCc2cccc(NC(=O)Cn3cccn3)c2)cc1.I. The molecule has 0 saturated carbocycles. The van der Waals surface area contributed by atoms with E-state index in [0.29, 0.717) is 6.54 Å². The number of nitrogens with one attached hydrogen (secondary N) is 3. The monoisotopic (exact) mass is 574 g/mol. The standard InChI is InChI=1S/C26H34N6O.HI/c1-5-20-10-12-22(13-11-20)26(2,3)19-29-25(27-4)28-17-21-8-6-9-23(16-21)31-24(33)18-32-15-7-14-30-32;/h6-16H,5,17-19H2,1-4H3,(H,31,33)(H2,27,28,29);1H. The van der Waals surface area contributed by atoms with Crippen molar-refractivity contribution in [2.75, 3.05) is 18.9 Å². The molecule has 1 amide bonds. The second kappa shape index (κ2) is 13.1. The maximum Gasteiger partial charge on any atom is 0.246 e. The highest BCUT2D eigenvalue weighted by molar-refractivity contribution is 14.0. The van der Waals surface area contributed by atoms with Crippen LogP contribution in [-0.2, 0) is 29.7 Å². The van der Waals surface area contributed by atoms with Crippen molar-refractivity contribution in [3.63, 3.8) is 0 Å². The Morgan fingerprint density at radius 1 is 1.06 bits per heavy atom. The maximum atomic E-state index is 12.2. The van der Waals surface area contributed by atoms with Crippen LogP contribution >= 0.6 is 24.0 Å². The summed E-state index contributed by atoms with van der Waals surface area (Å²) in [7, 11) is 1.77. The van der Waals surface area contributed by atoms with Crippen LogP contribution in [0.3, 0.4) is 0 Å². The molecule has 0 radical (unpaired) electrons. The van der Waals surface area contributed by atoms with Crippen LogP contribution in [-0.4, -0.2) is 35.2 Å². The highest BCUT2D eigenvalue weighted by atomic mass is 127. The summed E-state index contributed by atoms with van der Waals surface area (Å²) in [6.07, 6.45) is 4.47. The zero-order valence-electron chi connectivity index (χ0n) is 20.3. The highest BCUT2D eigenvalue weighted by Gasteiger charge is 2.20. The summed E-state index contributed by atoms with van der Waals surface area (Å²) in [6.45, 7) is 8.15. The van der Waals surface area contributed by atoms with E-state index in [9.17, 15) is 4.79 Å². The Morgan fingerprint density at radius 3 is 2.47 bits per heavy atom. The third kappa shape index (κ3) is 8.16. The number of aliphatic imine (C=N–C) groups is 1. The van der Waals surface area contributed by atoms with Gasteiger partial charge in [0, 0.05) is 43.6 Å². The summed E-state index contributed by atoms with van der Waals surface area (Å²) in [5.41, 5.74) is 4.40. The molecular weight excluding hydrogens is 539 g/mol. The molecule has 3 N–H and O–H groups in total. The third-order valence-electron chi connectivity index (χ3n) is 5.60. The van der Waals surface area contributed by atoms with Gasteiger partial charge < -0.3 is 16.0 Å². The molecule has 2 aromatic carbocycles. The van der Waals surface area contributed by atoms with E-state index >= 15 is 0 Å². The van der Waals surface area contributed by atoms with E-state index in [0.717, 1.165) is 30.2 Å². The first kappa shape index (κ1) is 27.4. The van der Waals surface area contributed by atoms with Crippen LogP contribution in [0, 0.1) is 0 Å². The van der Waals surface area contributed by atoms with Crippen LogP contribution in [0.25, 0.3) is 0 Å². The van der Waals surface area contributed by atoms with Gasteiger partial charge in [-0.3, -0.25) is 14.5 Å². The van der Waals surface area contributed by atoms with E-state index in [1.807, 2.05) is 24.3 Å². The zero-order chi connectivity index (χ0) is 23.7. The van der Waals surface area contributed by atoms with Crippen molar-refractivity contribution in [2.45, 2.75) is 45.7 Å². The molecule has 0 fully saturated rings. The van der Waals surface area contributed by atoms with Crippen LogP contribution in [0.2, 0.25) is 0 Å². The lowest BCUT2D eigenvalue weighted by atomic mass is 9.84. The Hall–Kier alpha value is -2.88. The van der Waals surface area contributed by atoms with E-state index in [-0.39, 0.29) is 41.8 Å². The number of anilines is 1. The van der Waals surface area contributed by atoms with Crippen LogP contribution in [0.4, 0.5) is 5.69 Å². The maximum absolute atomic E-state index is 12.2. The Labute approximate surface area is 219 Å². The zero-order valence-corrected chi connectivity index (χ0v) is 22.7. The minimum Gasteiger partial charge on any atom is -0.356 e. The number of rotatable bonds is 9. The fourth-order valence-electron chi connectivity index (χ4n) is 3.51. The lowest BCUT2D eigenvalue weighted by Crippen LogP contribution is -2.43. The van der Waals surface area contributed by atoms with Crippen molar-refractivity contribution in [3.05, 3.63) is 83.7 Å². The molecule has 3 aromatic rings. The molecule has 3 rings (SSSR count). The van der Waals surface area contributed by atoms with Crippen LogP contribution in [0.5, 0.6) is 0 Å². The van der Waals surface area contributed by atoms with Gasteiger partial charge in [-0.1, -0.05) is 57.2 Å². The van der Waals surface area contributed by atoms with E-state index < -0.39 is 0 Å². The van der Waals surface area contributed by atoms with Gasteiger partial charge in [0.25, 0.3) is 0 Å². The Morgan fingerprint density at radius 2 is 1.82 bits per heavy atom. The predicted molar refractivity (Wildman–Crippen MR) is 150 cm³/mol. The summed E-state index contributed by atoms with van der Waals surface area (Å²) in [5.74, 6) is 0.622. The second-order valence-electron chi connectivity index (χ2n) is 8.67. The number of aryl methyl sites for hydroxylation is 1. The molecule has 0 aliphatic rings. The molecule has 0 aliphatic carbocycles. The molecule has 0 atom stereocenters. The van der Waals surface area contributed by atoms with Crippen molar-refractivity contribution in [1.82, 2.24) is 20.4 Å². The molecule has 1 heterocycles. The molecule has 8 heteroatoms. The smallest absolute Gasteiger partial charge is 0.246 e. The van der Waals surface area contributed by atoms with E-state index in [2.05, 4.69) is 71.1 Å². The lowest BCUT2D eigenvalue weighted by molar-refractivity contribution is -0.116. The summed E-state index contributed by atoms with van der Waals surface area (Å²) < 4.78 is 1.59. The number of benzene rings is 2. The molecule has 182 valence electrons. The number of hydrogen-bond acceptors (Lipinski definition) is 3. The largest absolute Gasteiger partial charge is 0.356 e. The van der Waals surface area contributed by atoms with Crippen LogP contribution in [0.1, 0.15) is 37.5 Å². The van der Waals surface area contributed by atoms with Gasteiger partial charge in [0.15, 0.2) is 5.96 Å². The molecule has 0 unspecified atom stereocenters. The molecule has 7 nitrogen and oxygen atoms in total. The first-order valence-corrected chi connectivity index (χ1v) is 11.3. The van der Waals surface area contributed by atoms with Crippen molar-refractivity contribution >= 4 is 41.5 Å². The van der Waals surface area contributed by atoms with E-state index in [4.69, 9.17) is 0 Å². The summed E-state index contributed by atoms with van der Waals surface area (Å²) >= 11 is 0. The third-order valence-corrected chi connectivity index (χ3v) is 5.60.